The average molecular weight is 148 g/mol. The summed E-state index contributed by atoms with van der Waals surface area (Å²) in [6.45, 7) is 8.29. The van der Waals surface area contributed by atoms with Crippen LogP contribution in [0.3, 0.4) is 0 Å². The van der Waals surface area contributed by atoms with Gasteiger partial charge < -0.3 is 0 Å². The minimum absolute atomic E-state index is 0.111. The molecule has 0 spiro atoms. The molecule has 0 saturated heterocycles. The topological polar surface area (TPSA) is 0 Å². The molecule has 0 aromatic carbocycles. The highest BCUT2D eigenvalue weighted by Gasteiger charge is 2.01. The Labute approximate surface area is 70.0 Å². The quantitative estimate of drug-likeness (QED) is 0.396. The summed E-state index contributed by atoms with van der Waals surface area (Å²) in [7, 11) is 0. The zero-order chi connectivity index (χ0) is 8.74. The first kappa shape index (κ1) is 10.0. The normalized spacial score (nSPS) is 12.0. The van der Waals surface area contributed by atoms with Crippen LogP contribution in [-0.2, 0) is 0 Å². The monoisotopic (exact) mass is 148 g/mol. The second kappa shape index (κ2) is 4.79. The lowest BCUT2D eigenvalue weighted by atomic mass is 9.98. The molecule has 0 aliphatic carbocycles. The van der Waals surface area contributed by atoms with Crippen molar-refractivity contribution in [2.75, 3.05) is 0 Å². The van der Waals surface area contributed by atoms with Crippen LogP contribution in [-0.4, -0.2) is 0 Å². The predicted molar refractivity (Wildman–Crippen MR) is 51.2 cm³/mol. The molecule has 0 aliphatic heterocycles. The third kappa shape index (κ3) is 9.04. The molecule has 0 nitrogen and oxygen atoms in total. The van der Waals surface area contributed by atoms with Gasteiger partial charge >= 0.3 is 0 Å². The maximum atomic E-state index is 3.11. The molecular weight excluding hydrogens is 132 g/mol. The van der Waals surface area contributed by atoms with E-state index < -0.39 is 0 Å². The SMILES string of the molecule is C/C=C/C=C/C#CC(C)(C)C. The van der Waals surface area contributed by atoms with Gasteiger partial charge in [-0.05, 0) is 33.8 Å². The van der Waals surface area contributed by atoms with Gasteiger partial charge in [0, 0.05) is 5.41 Å². The Morgan fingerprint density at radius 1 is 1.09 bits per heavy atom. The van der Waals surface area contributed by atoms with E-state index in [9.17, 15) is 0 Å². The summed E-state index contributed by atoms with van der Waals surface area (Å²) in [5.41, 5.74) is 0.111. The highest BCUT2D eigenvalue weighted by atomic mass is 14.0. The molecule has 0 bridgehead atoms. The third-order valence-electron chi connectivity index (χ3n) is 0.930. The lowest BCUT2D eigenvalue weighted by molar-refractivity contribution is 0.571. The summed E-state index contributed by atoms with van der Waals surface area (Å²) in [6, 6.07) is 0. The first-order valence-corrected chi connectivity index (χ1v) is 3.87. The van der Waals surface area contributed by atoms with Crippen molar-refractivity contribution in [2.45, 2.75) is 27.7 Å². The number of rotatable bonds is 1. The molecule has 11 heavy (non-hydrogen) atoms. The Morgan fingerprint density at radius 3 is 2.18 bits per heavy atom. The van der Waals surface area contributed by atoms with Gasteiger partial charge in [-0.15, -0.1) is 0 Å². The lowest BCUT2D eigenvalue weighted by Gasteiger charge is -2.05. The smallest absolute Gasteiger partial charge is 0.0233 e. The Balaban J connectivity index is 3.92. The fourth-order valence-corrected chi connectivity index (χ4v) is 0.473. The zero-order valence-corrected chi connectivity index (χ0v) is 7.81. The lowest BCUT2D eigenvalue weighted by Crippen LogP contribution is -1.98. The molecule has 60 valence electrons. The Morgan fingerprint density at radius 2 is 1.73 bits per heavy atom. The van der Waals surface area contributed by atoms with Gasteiger partial charge in [-0.25, -0.2) is 0 Å². The van der Waals surface area contributed by atoms with Gasteiger partial charge in [0.2, 0.25) is 0 Å². The maximum absolute atomic E-state index is 3.11. The van der Waals surface area contributed by atoms with E-state index in [1.165, 1.54) is 0 Å². The molecular formula is C11H16. The van der Waals surface area contributed by atoms with Crippen LogP contribution in [0.2, 0.25) is 0 Å². The van der Waals surface area contributed by atoms with Crippen LogP contribution >= 0.6 is 0 Å². The summed E-state index contributed by atoms with van der Waals surface area (Å²) in [5.74, 6) is 6.09. The first-order chi connectivity index (χ1) is 5.06. The molecule has 0 aromatic rings. The number of hydrogen-bond donors (Lipinski definition) is 0. The number of allylic oxidation sites excluding steroid dienone is 4. The molecule has 0 radical (unpaired) electrons. The summed E-state index contributed by atoms with van der Waals surface area (Å²) in [5, 5.41) is 0. The predicted octanol–water partition coefficient (Wildman–Crippen LogP) is 3.17. The van der Waals surface area contributed by atoms with Crippen molar-refractivity contribution >= 4 is 0 Å². The Kier molecular flexibility index (Phi) is 4.38. The van der Waals surface area contributed by atoms with Crippen molar-refractivity contribution in [3.63, 3.8) is 0 Å². The first-order valence-electron chi connectivity index (χ1n) is 3.87. The van der Waals surface area contributed by atoms with Crippen molar-refractivity contribution < 1.29 is 0 Å². The highest BCUT2D eigenvalue weighted by Crippen LogP contribution is 2.09. The largest absolute Gasteiger partial charge is 0.0926 e. The van der Waals surface area contributed by atoms with E-state index in [-0.39, 0.29) is 5.41 Å². The fourth-order valence-electron chi connectivity index (χ4n) is 0.473. The molecule has 0 heterocycles. The fraction of sp³-hybridized carbons (Fsp3) is 0.455. The van der Waals surface area contributed by atoms with E-state index in [4.69, 9.17) is 0 Å². The molecule has 0 saturated carbocycles. The van der Waals surface area contributed by atoms with Gasteiger partial charge in [-0.3, -0.25) is 0 Å². The van der Waals surface area contributed by atoms with Gasteiger partial charge in [0.25, 0.3) is 0 Å². The molecule has 0 rings (SSSR count). The molecule has 0 amide bonds. The molecule has 0 fully saturated rings. The molecule has 0 atom stereocenters. The van der Waals surface area contributed by atoms with E-state index in [2.05, 4.69) is 32.6 Å². The van der Waals surface area contributed by atoms with Gasteiger partial charge in [0.15, 0.2) is 0 Å². The van der Waals surface area contributed by atoms with Gasteiger partial charge in [-0.2, -0.15) is 0 Å². The molecule has 0 unspecified atom stereocenters. The second-order valence-electron chi connectivity index (χ2n) is 3.40. The maximum Gasteiger partial charge on any atom is 0.0233 e. The van der Waals surface area contributed by atoms with Crippen LogP contribution in [0.4, 0.5) is 0 Å². The van der Waals surface area contributed by atoms with Crippen LogP contribution in [0.1, 0.15) is 27.7 Å². The van der Waals surface area contributed by atoms with Crippen LogP contribution in [0.25, 0.3) is 0 Å². The molecule has 0 heteroatoms. The summed E-state index contributed by atoms with van der Waals surface area (Å²) in [6.07, 6.45) is 7.76. The summed E-state index contributed by atoms with van der Waals surface area (Å²) < 4.78 is 0. The Bertz CT molecular complexity index is 200. The Hall–Kier alpha value is -0.960. The van der Waals surface area contributed by atoms with Crippen molar-refractivity contribution in [1.29, 1.82) is 0 Å². The van der Waals surface area contributed by atoms with Gasteiger partial charge in [-0.1, -0.05) is 30.1 Å². The van der Waals surface area contributed by atoms with Crippen LogP contribution in [0.15, 0.2) is 24.3 Å². The van der Waals surface area contributed by atoms with Gasteiger partial charge in [0.1, 0.15) is 0 Å². The molecule has 0 aliphatic rings. The van der Waals surface area contributed by atoms with Crippen molar-refractivity contribution in [2.24, 2.45) is 5.41 Å². The van der Waals surface area contributed by atoms with E-state index >= 15 is 0 Å². The second-order valence-corrected chi connectivity index (χ2v) is 3.40. The highest BCUT2D eigenvalue weighted by molar-refractivity contribution is 5.21. The van der Waals surface area contributed by atoms with Crippen molar-refractivity contribution in [3.05, 3.63) is 24.3 Å². The van der Waals surface area contributed by atoms with Crippen molar-refractivity contribution in [3.8, 4) is 11.8 Å². The molecule has 0 N–H and O–H groups in total. The summed E-state index contributed by atoms with van der Waals surface area (Å²) in [4.78, 5) is 0. The van der Waals surface area contributed by atoms with Crippen LogP contribution < -0.4 is 0 Å². The number of hydrogen-bond acceptors (Lipinski definition) is 0. The minimum Gasteiger partial charge on any atom is -0.0926 e. The summed E-state index contributed by atoms with van der Waals surface area (Å²) >= 11 is 0. The average Bonchev–Trinajstić information content (AvgIpc) is 1.85. The third-order valence-corrected chi connectivity index (χ3v) is 0.930. The van der Waals surface area contributed by atoms with Crippen LogP contribution in [0, 0.1) is 17.3 Å². The van der Waals surface area contributed by atoms with E-state index in [0.29, 0.717) is 0 Å². The standard InChI is InChI=1S/C11H16/c1-5-6-7-8-9-10-11(2,3)4/h5-8H,1-4H3/b6-5+,8-7+. The zero-order valence-electron chi connectivity index (χ0n) is 7.81. The molecule has 0 aromatic heterocycles. The van der Waals surface area contributed by atoms with E-state index in [1.807, 2.05) is 31.2 Å². The van der Waals surface area contributed by atoms with E-state index in [1.54, 1.807) is 0 Å². The van der Waals surface area contributed by atoms with E-state index in [0.717, 1.165) is 0 Å². The van der Waals surface area contributed by atoms with Crippen LogP contribution in [0.5, 0.6) is 0 Å². The van der Waals surface area contributed by atoms with Crippen molar-refractivity contribution in [1.82, 2.24) is 0 Å². The minimum atomic E-state index is 0.111. The van der Waals surface area contributed by atoms with Gasteiger partial charge in [0.05, 0.1) is 0 Å².